The van der Waals surface area contributed by atoms with Gasteiger partial charge in [0.1, 0.15) is 18.1 Å². The van der Waals surface area contributed by atoms with E-state index in [9.17, 15) is 4.79 Å². The molecule has 138 valence electrons. The summed E-state index contributed by atoms with van der Waals surface area (Å²) in [5, 5.41) is 8.38. The second-order valence-corrected chi connectivity index (χ2v) is 6.12. The highest BCUT2D eigenvalue weighted by Gasteiger charge is 2.26. The highest BCUT2D eigenvalue weighted by molar-refractivity contribution is 5.94. The summed E-state index contributed by atoms with van der Waals surface area (Å²) in [6.07, 6.45) is 1.67. The Morgan fingerprint density at radius 1 is 1.19 bits per heavy atom. The molecule has 3 aromatic rings. The number of carbonyl (C=O) groups excluding carboxylic acids is 1. The van der Waals surface area contributed by atoms with Gasteiger partial charge in [-0.2, -0.15) is 0 Å². The number of fused-ring (bicyclic) bond motifs is 1. The Morgan fingerprint density at radius 3 is 2.93 bits per heavy atom. The highest BCUT2D eigenvalue weighted by atomic mass is 16.5. The standard InChI is InChI=1S/C19H19N5O3/c1-26-15-6-4-5-14(11-15)19(25)23-9-10-24-17(12-23)16(21-22-24)13-27-18-7-2-3-8-20-18/h2-8,11H,9-10,12-13H2,1H3. The summed E-state index contributed by atoms with van der Waals surface area (Å²) in [4.78, 5) is 18.8. The van der Waals surface area contributed by atoms with Crippen LogP contribution in [0.15, 0.2) is 48.7 Å². The van der Waals surface area contributed by atoms with Crippen LogP contribution in [-0.4, -0.2) is 44.4 Å². The van der Waals surface area contributed by atoms with Gasteiger partial charge in [0.15, 0.2) is 0 Å². The quantitative estimate of drug-likeness (QED) is 0.687. The van der Waals surface area contributed by atoms with Crippen LogP contribution in [0.3, 0.4) is 0 Å². The molecule has 3 heterocycles. The van der Waals surface area contributed by atoms with Crippen LogP contribution >= 0.6 is 0 Å². The van der Waals surface area contributed by atoms with Crippen LogP contribution in [-0.2, 0) is 19.7 Å². The molecule has 27 heavy (non-hydrogen) atoms. The number of rotatable bonds is 5. The molecule has 1 aliphatic heterocycles. The first kappa shape index (κ1) is 17.0. The van der Waals surface area contributed by atoms with Crippen molar-refractivity contribution in [1.82, 2.24) is 24.9 Å². The zero-order valence-electron chi connectivity index (χ0n) is 14.9. The summed E-state index contributed by atoms with van der Waals surface area (Å²) >= 11 is 0. The minimum absolute atomic E-state index is 0.0436. The first-order chi connectivity index (χ1) is 13.2. The lowest BCUT2D eigenvalue weighted by atomic mass is 10.1. The topological polar surface area (TPSA) is 82.4 Å². The second-order valence-electron chi connectivity index (χ2n) is 6.12. The zero-order valence-corrected chi connectivity index (χ0v) is 14.9. The van der Waals surface area contributed by atoms with Crippen molar-refractivity contribution in [1.29, 1.82) is 0 Å². The van der Waals surface area contributed by atoms with Crippen molar-refractivity contribution in [3.63, 3.8) is 0 Å². The van der Waals surface area contributed by atoms with Crippen molar-refractivity contribution in [2.75, 3.05) is 13.7 Å². The SMILES string of the molecule is COc1cccc(C(=O)N2CCn3nnc(COc4ccccn4)c3C2)c1. The minimum atomic E-state index is -0.0436. The molecular formula is C19H19N5O3. The number of amides is 1. The largest absolute Gasteiger partial charge is 0.497 e. The van der Waals surface area contributed by atoms with Gasteiger partial charge in [0.25, 0.3) is 5.91 Å². The van der Waals surface area contributed by atoms with Crippen molar-refractivity contribution >= 4 is 5.91 Å². The Hall–Kier alpha value is -3.42. The molecule has 0 unspecified atom stereocenters. The fourth-order valence-corrected chi connectivity index (χ4v) is 3.00. The molecule has 1 aliphatic rings. The Labute approximate surface area is 156 Å². The van der Waals surface area contributed by atoms with Crippen LogP contribution in [0.5, 0.6) is 11.6 Å². The van der Waals surface area contributed by atoms with Gasteiger partial charge in [0.05, 0.1) is 25.9 Å². The van der Waals surface area contributed by atoms with Gasteiger partial charge < -0.3 is 14.4 Å². The number of aromatic nitrogens is 4. The van der Waals surface area contributed by atoms with Crippen LogP contribution in [0.2, 0.25) is 0 Å². The predicted octanol–water partition coefficient (Wildman–Crippen LogP) is 1.92. The third kappa shape index (κ3) is 3.59. The van der Waals surface area contributed by atoms with E-state index in [0.717, 1.165) is 5.69 Å². The molecule has 8 heteroatoms. The maximum absolute atomic E-state index is 12.9. The lowest BCUT2D eigenvalue weighted by molar-refractivity contribution is 0.0704. The van der Waals surface area contributed by atoms with Crippen molar-refractivity contribution in [2.24, 2.45) is 0 Å². The lowest BCUT2D eigenvalue weighted by Crippen LogP contribution is -2.38. The number of methoxy groups -OCH3 is 1. The number of hydrogen-bond acceptors (Lipinski definition) is 6. The molecule has 0 aliphatic carbocycles. The number of hydrogen-bond donors (Lipinski definition) is 0. The van der Waals surface area contributed by atoms with Gasteiger partial charge in [-0.15, -0.1) is 5.10 Å². The summed E-state index contributed by atoms with van der Waals surface area (Å²) in [7, 11) is 1.59. The molecule has 0 atom stereocenters. The Balaban J connectivity index is 1.49. The molecule has 2 aromatic heterocycles. The van der Waals surface area contributed by atoms with Crippen molar-refractivity contribution in [3.05, 3.63) is 65.6 Å². The number of nitrogens with zero attached hydrogens (tertiary/aromatic N) is 5. The third-order valence-corrected chi connectivity index (χ3v) is 4.44. The van der Waals surface area contributed by atoms with Crippen LogP contribution in [0.1, 0.15) is 21.7 Å². The van der Waals surface area contributed by atoms with Gasteiger partial charge in [-0.05, 0) is 24.3 Å². The molecule has 0 spiro atoms. The molecule has 1 aromatic carbocycles. The zero-order chi connectivity index (χ0) is 18.6. The summed E-state index contributed by atoms with van der Waals surface area (Å²) in [5.41, 5.74) is 2.19. The van der Waals surface area contributed by atoms with Gasteiger partial charge in [0.2, 0.25) is 5.88 Å². The van der Waals surface area contributed by atoms with E-state index in [1.54, 1.807) is 36.4 Å². The molecule has 8 nitrogen and oxygen atoms in total. The lowest BCUT2D eigenvalue weighted by Gasteiger charge is -2.28. The number of pyridine rings is 1. The fourth-order valence-electron chi connectivity index (χ4n) is 3.00. The van der Waals surface area contributed by atoms with Gasteiger partial charge in [-0.3, -0.25) is 4.79 Å². The summed E-state index contributed by atoms with van der Waals surface area (Å²) in [6.45, 7) is 1.87. The van der Waals surface area contributed by atoms with E-state index in [-0.39, 0.29) is 12.5 Å². The fraction of sp³-hybridized carbons (Fsp3) is 0.263. The van der Waals surface area contributed by atoms with Crippen LogP contribution in [0.25, 0.3) is 0 Å². The second kappa shape index (κ2) is 7.45. The first-order valence-corrected chi connectivity index (χ1v) is 8.63. The molecule has 0 radical (unpaired) electrons. The third-order valence-electron chi connectivity index (χ3n) is 4.44. The molecule has 1 amide bonds. The average Bonchev–Trinajstić information content (AvgIpc) is 3.14. The monoisotopic (exact) mass is 365 g/mol. The van der Waals surface area contributed by atoms with Crippen molar-refractivity contribution in [2.45, 2.75) is 19.7 Å². The predicted molar refractivity (Wildman–Crippen MR) is 96.3 cm³/mol. The van der Waals surface area contributed by atoms with E-state index in [1.807, 2.05) is 28.9 Å². The number of benzene rings is 1. The van der Waals surface area contributed by atoms with Crippen LogP contribution in [0.4, 0.5) is 0 Å². The molecule has 0 fully saturated rings. The Kier molecular flexibility index (Phi) is 4.69. The van der Waals surface area contributed by atoms with Crippen LogP contribution < -0.4 is 9.47 Å². The molecule has 0 bridgehead atoms. The molecule has 0 saturated heterocycles. The molecule has 0 saturated carbocycles. The van der Waals surface area contributed by atoms with E-state index in [4.69, 9.17) is 9.47 Å². The van der Waals surface area contributed by atoms with Crippen molar-refractivity contribution in [3.8, 4) is 11.6 Å². The van der Waals surface area contributed by atoms with E-state index >= 15 is 0 Å². The van der Waals surface area contributed by atoms with Gasteiger partial charge in [-0.1, -0.05) is 17.3 Å². The van der Waals surface area contributed by atoms with E-state index in [2.05, 4.69) is 15.3 Å². The van der Waals surface area contributed by atoms with E-state index < -0.39 is 0 Å². The van der Waals surface area contributed by atoms with Gasteiger partial charge in [0, 0.05) is 24.4 Å². The van der Waals surface area contributed by atoms with Crippen molar-refractivity contribution < 1.29 is 14.3 Å². The first-order valence-electron chi connectivity index (χ1n) is 8.63. The smallest absolute Gasteiger partial charge is 0.254 e. The maximum atomic E-state index is 12.9. The van der Waals surface area contributed by atoms with E-state index in [0.29, 0.717) is 42.5 Å². The molecular weight excluding hydrogens is 346 g/mol. The maximum Gasteiger partial charge on any atom is 0.254 e. The highest BCUT2D eigenvalue weighted by Crippen LogP contribution is 2.20. The van der Waals surface area contributed by atoms with Crippen LogP contribution in [0, 0.1) is 0 Å². The summed E-state index contributed by atoms with van der Waals surface area (Å²) in [6, 6.07) is 12.6. The Bertz CT molecular complexity index is 942. The number of carbonyl (C=O) groups is 1. The molecule has 0 N–H and O–H groups in total. The molecule has 4 rings (SSSR count). The number of ether oxygens (including phenoxy) is 2. The van der Waals surface area contributed by atoms with Gasteiger partial charge in [-0.25, -0.2) is 9.67 Å². The van der Waals surface area contributed by atoms with Gasteiger partial charge >= 0.3 is 0 Å². The Morgan fingerprint density at radius 2 is 2.11 bits per heavy atom. The summed E-state index contributed by atoms with van der Waals surface area (Å²) in [5.74, 6) is 1.14. The minimum Gasteiger partial charge on any atom is -0.497 e. The normalized spacial score (nSPS) is 13.1. The van der Waals surface area contributed by atoms with E-state index in [1.165, 1.54) is 0 Å². The average molecular weight is 365 g/mol. The summed E-state index contributed by atoms with van der Waals surface area (Å²) < 4.78 is 12.7.